The van der Waals surface area contributed by atoms with E-state index < -0.39 is 11.2 Å². The van der Waals surface area contributed by atoms with Gasteiger partial charge < -0.3 is 5.32 Å². The number of halogens is 3. The van der Waals surface area contributed by atoms with Gasteiger partial charge in [-0.2, -0.15) is 13.2 Å². The Morgan fingerprint density at radius 1 is 1.25 bits per heavy atom. The number of rotatable bonds is 5. The molecule has 0 spiro atoms. The lowest BCUT2D eigenvalue weighted by Gasteiger charge is -2.08. The molecule has 0 atom stereocenters. The highest BCUT2D eigenvalue weighted by molar-refractivity contribution is 7.15. The first-order valence-electron chi connectivity index (χ1n) is 6.34. The van der Waals surface area contributed by atoms with Crippen molar-refractivity contribution in [1.82, 2.24) is 10.3 Å². The Balaban J connectivity index is 2.26. The zero-order chi connectivity index (χ0) is 14.6. The van der Waals surface area contributed by atoms with Crippen molar-refractivity contribution in [2.24, 2.45) is 0 Å². The fraction of sp³-hybridized carbons (Fsp3) is 0.357. The Morgan fingerprint density at radius 3 is 2.65 bits per heavy atom. The van der Waals surface area contributed by atoms with Gasteiger partial charge in [0, 0.05) is 12.7 Å². The number of thiazole rings is 1. The summed E-state index contributed by atoms with van der Waals surface area (Å²) < 4.78 is 37.8. The van der Waals surface area contributed by atoms with Crippen LogP contribution in [0.3, 0.4) is 0 Å². The van der Waals surface area contributed by atoms with Crippen LogP contribution in [0.15, 0.2) is 30.5 Å². The van der Waals surface area contributed by atoms with Crippen molar-refractivity contribution >= 4 is 11.3 Å². The molecule has 2 rings (SSSR count). The second-order valence-corrected chi connectivity index (χ2v) is 5.39. The molecule has 0 amide bonds. The maximum absolute atomic E-state index is 12.6. The smallest absolute Gasteiger partial charge is 0.313 e. The Bertz CT molecular complexity index is 564. The molecule has 0 bridgehead atoms. The van der Waals surface area contributed by atoms with Crippen LogP contribution in [-0.4, -0.2) is 11.5 Å². The van der Waals surface area contributed by atoms with E-state index in [1.807, 2.05) is 24.3 Å². The Hall–Kier alpha value is -1.40. The molecule has 0 fully saturated rings. The first-order valence-corrected chi connectivity index (χ1v) is 7.16. The zero-order valence-electron chi connectivity index (χ0n) is 11.0. The first kappa shape index (κ1) is 15.0. The van der Waals surface area contributed by atoms with E-state index in [1.54, 1.807) is 0 Å². The van der Waals surface area contributed by atoms with Crippen LogP contribution in [0.5, 0.6) is 0 Å². The van der Waals surface area contributed by atoms with Crippen molar-refractivity contribution in [3.05, 3.63) is 41.0 Å². The van der Waals surface area contributed by atoms with Gasteiger partial charge in [0.05, 0.1) is 4.88 Å². The third-order valence-corrected chi connectivity index (χ3v) is 3.85. The van der Waals surface area contributed by atoms with Crippen LogP contribution < -0.4 is 5.32 Å². The lowest BCUT2D eigenvalue weighted by molar-refractivity contribution is -0.137. The lowest BCUT2D eigenvalue weighted by Crippen LogP contribution is -2.14. The van der Waals surface area contributed by atoms with E-state index in [4.69, 9.17) is 0 Å². The fourth-order valence-corrected chi connectivity index (χ4v) is 2.69. The molecule has 0 aliphatic rings. The maximum Gasteiger partial charge on any atom is 0.443 e. The van der Waals surface area contributed by atoms with Crippen LogP contribution in [0.25, 0.3) is 10.4 Å². The molecule has 1 heterocycles. The molecule has 2 aromatic rings. The molecule has 0 saturated heterocycles. The molecule has 2 nitrogen and oxygen atoms in total. The van der Waals surface area contributed by atoms with Crippen molar-refractivity contribution in [2.75, 3.05) is 6.54 Å². The SMILES string of the molecule is CCCNCc1ccccc1-c1cnc(C(F)(F)F)s1. The van der Waals surface area contributed by atoms with E-state index in [1.165, 1.54) is 6.20 Å². The highest BCUT2D eigenvalue weighted by atomic mass is 32.1. The van der Waals surface area contributed by atoms with E-state index in [0.717, 1.165) is 24.1 Å². The number of alkyl halides is 3. The summed E-state index contributed by atoms with van der Waals surface area (Å²) in [6.07, 6.45) is -2.06. The van der Waals surface area contributed by atoms with E-state index in [9.17, 15) is 13.2 Å². The average molecular weight is 300 g/mol. The molecule has 0 radical (unpaired) electrons. The van der Waals surface area contributed by atoms with Gasteiger partial charge in [0.25, 0.3) is 0 Å². The van der Waals surface area contributed by atoms with Crippen LogP contribution in [0.1, 0.15) is 23.9 Å². The van der Waals surface area contributed by atoms with Gasteiger partial charge in [-0.05, 0) is 24.1 Å². The van der Waals surface area contributed by atoms with Crippen LogP contribution in [-0.2, 0) is 12.7 Å². The third kappa shape index (κ3) is 3.58. The summed E-state index contributed by atoms with van der Waals surface area (Å²) in [6, 6.07) is 7.46. The minimum absolute atomic E-state index is 0.547. The van der Waals surface area contributed by atoms with Crippen LogP contribution in [0, 0.1) is 0 Å². The van der Waals surface area contributed by atoms with Crippen molar-refractivity contribution in [1.29, 1.82) is 0 Å². The van der Waals surface area contributed by atoms with Gasteiger partial charge >= 0.3 is 6.18 Å². The fourth-order valence-electron chi connectivity index (χ4n) is 1.84. The van der Waals surface area contributed by atoms with Gasteiger partial charge in [-0.1, -0.05) is 31.2 Å². The second kappa shape index (κ2) is 6.37. The Morgan fingerprint density at radius 2 is 2.00 bits per heavy atom. The molecule has 0 aliphatic carbocycles. The van der Waals surface area contributed by atoms with Gasteiger partial charge in [-0.25, -0.2) is 4.98 Å². The molecular weight excluding hydrogens is 285 g/mol. The topological polar surface area (TPSA) is 24.9 Å². The minimum Gasteiger partial charge on any atom is -0.313 e. The summed E-state index contributed by atoms with van der Waals surface area (Å²) in [7, 11) is 0. The monoisotopic (exact) mass is 300 g/mol. The summed E-state index contributed by atoms with van der Waals surface area (Å²) in [6.45, 7) is 3.59. The van der Waals surface area contributed by atoms with E-state index in [2.05, 4.69) is 17.2 Å². The number of nitrogens with zero attached hydrogens (tertiary/aromatic N) is 1. The minimum atomic E-state index is -4.38. The van der Waals surface area contributed by atoms with Crippen LogP contribution in [0.2, 0.25) is 0 Å². The Kier molecular flexibility index (Phi) is 4.77. The molecule has 0 aliphatic heterocycles. The quantitative estimate of drug-likeness (QED) is 0.831. The zero-order valence-corrected chi connectivity index (χ0v) is 11.8. The number of nitrogens with one attached hydrogen (secondary N) is 1. The lowest BCUT2D eigenvalue weighted by atomic mass is 10.1. The summed E-state index contributed by atoms with van der Waals surface area (Å²) in [5, 5.41) is 2.46. The molecular formula is C14H15F3N2S. The number of hydrogen-bond donors (Lipinski definition) is 1. The predicted octanol–water partition coefficient (Wildman–Crippen LogP) is 4.33. The molecule has 1 aromatic heterocycles. The highest BCUT2D eigenvalue weighted by Crippen LogP contribution is 2.37. The van der Waals surface area contributed by atoms with Crippen molar-refractivity contribution in [3.8, 4) is 10.4 Å². The number of hydrogen-bond acceptors (Lipinski definition) is 3. The van der Waals surface area contributed by atoms with E-state index >= 15 is 0 Å². The van der Waals surface area contributed by atoms with E-state index in [-0.39, 0.29) is 0 Å². The van der Waals surface area contributed by atoms with Gasteiger partial charge in [-0.15, -0.1) is 11.3 Å². The molecule has 0 saturated carbocycles. The van der Waals surface area contributed by atoms with Gasteiger partial charge in [0.15, 0.2) is 5.01 Å². The first-order chi connectivity index (χ1) is 9.52. The molecule has 6 heteroatoms. The summed E-state index contributed by atoms with van der Waals surface area (Å²) in [5.41, 5.74) is 1.79. The predicted molar refractivity (Wildman–Crippen MR) is 74.5 cm³/mol. The third-order valence-electron chi connectivity index (χ3n) is 2.77. The van der Waals surface area contributed by atoms with Crippen LogP contribution >= 0.6 is 11.3 Å². The average Bonchev–Trinajstić information content (AvgIpc) is 2.89. The van der Waals surface area contributed by atoms with Crippen LogP contribution in [0.4, 0.5) is 13.2 Å². The van der Waals surface area contributed by atoms with Gasteiger partial charge in [0.2, 0.25) is 0 Å². The van der Waals surface area contributed by atoms with Crippen molar-refractivity contribution < 1.29 is 13.2 Å². The summed E-state index contributed by atoms with van der Waals surface area (Å²) in [5.74, 6) is 0. The van der Waals surface area contributed by atoms with E-state index in [0.29, 0.717) is 22.8 Å². The van der Waals surface area contributed by atoms with Gasteiger partial charge in [-0.3, -0.25) is 0 Å². The number of aromatic nitrogens is 1. The highest BCUT2D eigenvalue weighted by Gasteiger charge is 2.34. The summed E-state index contributed by atoms with van der Waals surface area (Å²) >= 11 is 0.682. The summed E-state index contributed by atoms with van der Waals surface area (Å²) in [4.78, 5) is 4.02. The normalized spacial score (nSPS) is 11.8. The number of benzene rings is 1. The molecule has 108 valence electrons. The second-order valence-electron chi connectivity index (χ2n) is 4.36. The molecule has 0 unspecified atom stereocenters. The van der Waals surface area contributed by atoms with Crippen molar-refractivity contribution in [2.45, 2.75) is 26.1 Å². The largest absolute Gasteiger partial charge is 0.443 e. The molecule has 1 N–H and O–H groups in total. The van der Waals surface area contributed by atoms with Crippen molar-refractivity contribution in [3.63, 3.8) is 0 Å². The molecule has 1 aromatic carbocycles. The maximum atomic E-state index is 12.6. The standard InChI is InChI=1S/C14H15F3N2S/c1-2-7-18-8-10-5-3-4-6-11(10)12-9-19-13(20-12)14(15,16)17/h3-6,9,18H,2,7-8H2,1H3. The van der Waals surface area contributed by atoms with Gasteiger partial charge in [0.1, 0.15) is 0 Å². The Labute approximate surface area is 119 Å². The molecule has 20 heavy (non-hydrogen) atoms.